The number of carbonyl (C=O) groups excluding carboxylic acids is 1. The van der Waals surface area contributed by atoms with Crippen molar-refractivity contribution in [1.82, 2.24) is 0 Å². The van der Waals surface area contributed by atoms with Crippen LogP contribution in [0.1, 0.15) is 5.56 Å². The fraction of sp³-hybridized carbons (Fsp3) is 0. The van der Waals surface area contributed by atoms with E-state index in [1.807, 2.05) is 6.07 Å². The van der Waals surface area contributed by atoms with E-state index in [9.17, 15) is 9.36 Å². The molecule has 1 unspecified atom stereocenters. The SMILES string of the molecule is O=C=NC(=Cc1ccccc1)[P+](=O)O. The zero-order valence-electron chi connectivity index (χ0n) is 7.12. The number of benzene rings is 1. The summed E-state index contributed by atoms with van der Waals surface area (Å²) in [5.41, 5.74) is 0.528. The van der Waals surface area contributed by atoms with E-state index in [0.717, 1.165) is 0 Å². The second-order valence-corrected chi connectivity index (χ2v) is 3.39. The molecule has 0 bridgehead atoms. The van der Waals surface area contributed by atoms with Gasteiger partial charge in [-0.1, -0.05) is 30.3 Å². The van der Waals surface area contributed by atoms with Crippen LogP contribution in [0.5, 0.6) is 0 Å². The summed E-state index contributed by atoms with van der Waals surface area (Å²) in [7, 11) is -2.61. The highest BCUT2D eigenvalue weighted by molar-refractivity contribution is 7.43. The molecule has 0 spiro atoms. The van der Waals surface area contributed by atoms with Crippen LogP contribution in [0.4, 0.5) is 0 Å². The molecular weight excluding hydrogens is 201 g/mol. The fourth-order valence-electron chi connectivity index (χ4n) is 0.875. The van der Waals surface area contributed by atoms with Crippen molar-refractivity contribution in [3.8, 4) is 0 Å². The van der Waals surface area contributed by atoms with Gasteiger partial charge in [-0.15, -0.1) is 4.99 Å². The lowest BCUT2D eigenvalue weighted by molar-refractivity contribution is 0.509. The highest BCUT2D eigenvalue weighted by Crippen LogP contribution is 2.29. The monoisotopic (exact) mass is 208 g/mol. The minimum atomic E-state index is -2.61. The van der Waals surface area contributed by atoms with Gasteiger partial charge in [0.05, 0.1) is 0 Å². The largest absolute Gasteiger partial charge is 0.567 e. The van der Waals surface area contributed by atoms with E-state index < -0.39 is 8.03 Å². The van der Waals surface area contributed by atoms with Gasteiger partial charge in [-0.2, -0.15) is 4.89 Å². The van der Waals surface area contributed by atoms with Crippen molar-refractivity contribution < 1.29 is 14.3 Å². The number of aliphatic imine (C=N–C) groups is 1. The number of hydrogen-bond donors (Lipinski definition) is 1. The maximum atomic E-state index is 10.7. The molecule has 1 N–H and O–H groups in total. The molecule has 70 valence electrons. The Balaban J connectivity index is 3.05. The van der Waals surface area contributed by atoms with E-state index >= 15 is 0 Å². The first-order chi connectivity index (χ1) is 6.74. The summed E-state index contributed by atoms with van der Waals surface area (Å²) >= 11 is 0. The zero-order chi connectivity index (χ0) is 10.4. The van der Waals surface area contributed by atoms with Crippen LogP contribution < -0.4 is 0 Å². The van der Waals surface area contributed by atoms with Gasteiger partial charge >= 0.3 is 13.5 Å². The van der Waals surface area contributed by atoms with Crippen LogP contribution in [0.2, 0.25) is 0 Å². The maximum absolute atomic E-state index is 10.7. The topological polar surface area (TPSA) is 66.7 Å². The molecule has 0 saturated carbocycles. The number of hydrogen-bond acceptors (Lipinski definition) is 3. The minimum Gasteiger partial charge on any atom is -0.211 e. The van der Waals surface area contributed by atoms with Crippen molar-refractivity contribution in [2.75, 3.05) is 0 Å². The van der Waals surface area contributed by atoms with E-state index in [-0.39, 0.29) is 5.44 Å². The molecule has 0 heterocycles. The Bertz CT molecular complexity index is 403. The third-order valence-electron chi connectivity index (χ3n) is 1.45. The smallest absolute Gasteiger partial charge is 0.211 e. The van der Waals surface area contributed by atoms with Crippen LogP contribution in [0.15, 0.2) is 40.8 Å². The van der Waals surface area contributed by atoms with Gasteiger partial charge in [0.1, 0.15) is 0 Å². The molecule has 14 heavy (non-hydrogen) atoms. The highest BCUT2D eigenvalue weighted by Gasteiger charge is 2.19. The van der Waals surface area contributed by atoms with E-state index in [2.05, 4.69) is 4.99 Å². The molecule has 4 nitrogen and oxygen atoms in total. The summed E-state index contributed by atoms with van der Waals surface area (Å²) in [5, 5.41) is 0. The number of nitrogens with zero attached hydrogens (tertiary/aromatic N) is 1. The second kappa shape index (κ2) is 5.20. The average Bonchev–Trinajstić information content (AvgIpc) is 2.18. The molecule has 0 aliphatic heterocycles. The molecule has 0 aromatic heterocycles. The summed E-state index contributed by atoms with van der Waals surface area (Å²) in [5.74, 6) is 0. The van der Waals surface area contributed by atoms with Crippen LogP contribution >= 0.6 is 8.03 Å². The van der Waals surface area contributed by atoms with Gasteiger partial charge in [-0.05, 0) is 10.1 Å². The van der Waals surface area contributed by atoms with Crippen molar-refractivity contribution in [1.29, 1.82) is 0 Å². The molecular formula is C9H7NO3P+. The standard InChI is InChI=1S/C9H6NO3P/c11-7-10-9(14(12)13)6-8-4-2-1-3-5-8/h1-6H/p+1. The molecule has 0 aliphatic carbocycles. The number of rotatable bonds is 3. The van der Waals surface area contributed by atoms with Crippen LogP contribution in [0.3, 0.4) is 0 Å². The van der Waals surface area contributed by atoms with Crippen molar-refractivity contribution in [3.63, 3.8) is 0 Å². The van der Waals surface area contributed by atoms with Gasteiger partial charge in [0, 0.05) is 6.08 Å². The second-order valence-electron chi connectivity index (χ2n) is 2.39. The molecule has 0 fully saturated rings. The predicted octanol–water partition coefficient (Wildman–Crippen LogP) is 2.06. The Morgan fingerprint density at radius 3 is 2.57 bits per heavy atom. The van der Waals surface area contributed by atoms with E-state index in [1.54, 1.807) is 24.3 Å². The van der Waals surface area contributed by atoms with E-state index in [4.69, 9.17) is 4.89 Å². The maximum Gasteiger partial charge on any atom is 0.567 e. The van der Waals surface area contributed by atoms with Gasteiger partial charge in [0.15, 0.2) is 0 Å². The fourth-order valence-corrected chi connectivity index (χ4v) is 1.26. The molecule has 0 amide bonds. The van der Waals surface area contributed by atoms with E-state index in [0.29, 0.717) is 5.56 Å². The average molecular weight is 208 g/mol. The predicted molar refractivity (Wildman–Crippen MR) is 52.4 cm³/mol. The van der Waals surface area contributed by atoms with Gasteiger partial charge in [-0.25, -0.2) is 4.79 Å². The Morgan fingerprint density at radius 1 is 1.43 bits per heavy atom. The van der Waals surface area contributed by atoms with Gasteiger partial charge in [-0.3, -0.25) is 0 Å². The Labute approximate surface area is 81.5 Å². The Hall–Kier alpha value is -1.60. The first-order valence-electron chi connectivity index (χ1n) is 3.75. The first-order valence-corrected chi connectivity index (χ1v) is 4.96. The number of isocyanates is 1. The van der Waals surface area contributed by atoms with Crippen LogP contribution in [0.25, 0.3) is 6.08 Å². The summed E-state index contributed by atoms with van der Waals surface area (Å²) in [4.78, 5) is 21.9. The lowest BCUT2D eigenvalue weighted by Crippen LogP contribution is -1.73. The Kier molecular flexibility index (Phi) is 3.89. The third-order valence-corrected chi connectivity index (χ3v) is 2.07. The van der Waals surface area contributed by atoms with Crippen LogP contribution in [-0.2, 0) is 9.36 Å². The first kappa shape index (κ1) is 10.5. The van der Waals surface area contributed by atoms with Crippen LogP contribution in [-0.4, -0.2) is 11.0 Å². The van der Waals surface area contributed by atoms with E-state index in [1.165, 1.54) is 12.2 Å². The Morgan fingerprint density at radius 2 is 2.07 bits per heavy atom. The van der Waals surface area contributed by atoms with Crippen molar-refractivity contribution in [2.45, 2.75) is 0 Å². The van der Waals surface area contributed by atoms with Gasteiger partial charge in [0.25, 0.3) is 0 Å². The van der Waals surface area contributed by atoms with Crippen molar-refractivity contribution >= 4 is 20.2 Å². The summed E-state index contributed by atoms with van der Waals surface area (Å²) in [6, 6.07) is 8.84. The zero-order valence-corrected chi connectivity index (χ0v) is 8.02. The lowest BCUT2D eigenvalue weighted by Gasteiger charge is -1.87. The normalized spacial score (nSPS) is 11.8. The van der Waals surface area contributed by atoms with Crippen molar-refractivity contribution in [2.24, 2.45) is 4.99 Å². The van der Waals surface area contributed by atoms with Crippen LogP contribution in [0, 0.1) is 0 Å². The quantitative estimate of drug-likeness (QED) is 0.469. The molecule has 1 aromatic carbocycles. The molecule has 1 rings (SSSR count). The molecule has 1 aromatic rings. The third kappa shape index (κ3) is 3.04. The molecule has 0 aliphatic rings. The highest BCUT2D eigenvalue weighted by atomic mass is 31.1. The van der Waals surface area contributed by atoms with Crippen molar-refractivity contribution in [3.05, 3.63) is 41.3 Å². The molecule has 1 atom stereocenters. The summed E-state index contributed by atoms with van der Waals surface area (Å²) in [6.45, 7) is 0. The summed E-state index contributed by atoms with van der Waals surface area (Å²) < 4.78 is 10.7. The summed E-state index contributed by atoms with van der Waals surface area (Å²) in [6.07, 6.45) is 2.60. The lowest BCUT2D eigenvalue weighted by atomic mass is 10.2. The molecule has 0 saturated heterocycles. The van der Waals surface area contributed by atoms with Gasteiger partial charge < -0.3 is 0 Å². The molecule has 5 heteroatoms. The minimum absolute atomic E-state index is 0.179. The molecule has 0 radical (unpaired) electrons. The van der Waals surface area contributed by atoms with Gasteiger partial charge in [0.2, 0.25) is 6.08 Å².